The number of nitriles is 1. The molecule has 0 spiro atoms. The Morgan fingerprint density at radius 2 is 2.00 bits per heavy atom. The minimum absolute atomic E-state index is 0.0276. The SMILES string of the molecule is CCc1ccc([C@@H]2C(C#N)=C(N)N(c3ccc([N+](=O)[O-])cc3)C3=C2C(=O)CCC3)s1. The van der Waals surface area contributed by atoms with Gasteiger partial charge in [0.15, 0.2) is 5.78 Å². The molecule has 0 fully saturated rings. The molecule has 1 aromatic carbocycles. The van der Waals surface area contributed by atoms with E-state index in [1.165, 1.54) is 17.0 Å². The maximum Gasteiger partial charge on any atom is 0.269 e. The first-order valence-electron chi connectivity index (χ1n) is 9.75. The molecule has 152 valence electrons. The van der Waals surface area contributed by atoms with E-state index in [0.717, 1.165) is 17.0 Å². The largest absolute Gasteiger partial charge is 0.384 e. The standard InChI is InChI=1S/C22H20N4O3S/c1-2-15-10-11-19(30-15)20-16(12-23)22(24)25(17-4-3-5-18(27)21(17)20)13-6-8-14(9-7-13)26(28)29/h6-11,20H,2-5,24H2,1H3/t20-/m0/s1. The quantitative estimate of drug-likeness (QED) is 0.574. The van der Waals surface area contributed by atoms with Gasteiger partial charge in [0.05, 0.1) is 22.5 Å². The Morgan fingerprint density at radius 1 is 1.27 bits per heavy atom. The third-order valence-corrected chi connectivity index (χ3v) is 6.84. The summed E-state index contributed by atoms with van der Waals surface area (Å²) in [5.41, 5.74) is 8.81. The van der Waals surface area contributed by atoms with Gasteiger partial charge in [-0.25, -0.2) is 0 Å². The van der Waals surface area contributed by atoms with E-state index in [-0.39, 0.29) is 17.3 Å². The lowest BCUT2D eigenvalue weighted by Gasteiger charge is -2.39. The van der Waals surface area contributed by atoms with Crippen molar-refractivity contribution in [2.75, 3.05) is 4.90 Å². The Balaban J connectivity index is 1.90. The summed E-state index contributed by atoms with van der Waals surface area (Å²) >= 11 is 1.60. The summed E-state index contributed by atoms with van der Waals surface area (Å²) in [6, 6.07) is 12.3. The zero-order chi connectivity index (χ0) is 21.4. The van der Waals surface area contributed by atoms with Crippen molar-refractivity contribution in [3.05, 3.63) is 78.9 Å². The number of allylic oxidation sites excluding steroid dienone is 3. The molecule has 1 aromatic heterocycles. The van der Waals surface area contributed by atoms with Gasteiger partial charge in [0, 0.05) is 45.3 Å². The lowest BCUT2D eigenvalue weighted by molar-refractivity contribution is -0.384. The smallest absolute Gasteiger partial charge is 0.269 e. The Labute approximate surface area is 177 Å². The fraction of sp³-hybridized carbons (Fsp3) is 0.273. The highest BCUT2D eigenvalue weighted by Crippen LogP contribution is 2.47. The first-order valence-corrected chi connectivity index (χ1v) is 10.6. The molecule has 30 heavy (non-hydrogen) atoms. The number of carbonyl (C=O) groups excluding carboxylic acids is 1. The molecule has 2 N–H and O–H groups in total. The van der Waals surface area contributed by atoms with E-state index >= 15 is 0 Å². The molecule has 0 saturated carbocycles. The topological polar surface area (TPSA) is 113 Å². The normalized spacial score (nSPS) is 19.0. The fourth-order valence-electron chi connectivity index (χ4n) is 4.13. The third-order valence-electron chi connectivity index (χ3n) is 5.55. The minimum Gasteiger partial charge on any atom is -0.384 e. The summed E-state index contributed by atoms with van der Waals surface area (Å²) in [6.45, 7) is 2.07. The van der Waals surface area contributed by atoms with E-state index in [1.807, 2.05) is 12.1 Å². The number of rotatable bonds is 4. The Morgan fingerprint density at radius 3 is 2.60 bits per heavy atom. The Kier molecular flexibility index (Phi) is 5.14. The molecule has 0 saturated heterocycles. The van der Waals surface area contributed by atoms with Crippen molar-refractivity contribution in [2.45, 2.75) is 38.5 Å². The van der Waals surface area contributed by atoms with Crippen molar-refractivity contribution in [1.29, 1.82) is 5.26 Å². The van der Waals surface area contributed by atoms with Crippen molar-refractivity contribution in [1.82, 2.24) is 0 Å². The van der Waals surface area contributed by atoms with Crippen LogP contribution < -0.4 is 10.6 Å². The van der Waals surface area contributed by atoms with Crippen LogP contribution in [0.4, 0.5) is 11.4 Å². The molecular weight excluding hydrogens is 400 g/mol. The predicted molar refractivity (Wildman–Crippen MR) is 115 cm³/mol. The van der Waals surface area contributed by atoms with E-state index in [2.05, 4.69) is 13.0 Å². The van der Waals surface area contributed by atoms with Gasteiger partial charge in [-0.15, -0.1) is 11.3 Å². The van der Waals surface area contributed by atoms with Crippen molar-refractivity contribution in [3.63, 3.8) is 0 Å². The molecule has 2 aromatic rings. The molecule has 0 bridgehead atoms. The highest BCUT2D eigenvalue weighted by molar-refractivity contribution is 7.12. The molecule has 1 aliphatic heterocycles. The second kappa shape index (κ2) is 7.76. The summed E-state index contributed by atoms with van der Waals surface area (Å²) in [5, 5.41) is 21.0. The number of carbonyl (C=O) groups is 1. The number of thiophene rings is 1. The summed E-state index contributed by atoms with van der Waals surface area (Å²) in [7, 11) is 0. The molecule has 2 heterocycles. The monoisotopic (exact) mass is 420 g/mol. The van der Waals surface area contributed by atoms with Crippen molar-refractivity contribution < 1.29 is 9.72 Å². The van der Waals surface area contributed by atoms with Gasteiger partial charge >= 0.3 is 0 Å². The zero-order valence-electron chi connectivity index (χ0n) is 16.4. The molecule has 0 amide bonds. The number of hydrogen-bond donors (Lipinski definition) is 1. The second-order valence-corrected chi connectivity index (χ2v) is 8.45. The number of nitro groups is 1. The highest BCUT2D eigenvalue weighted by atomic mass is 32.1. The second-order valence-electron chi connectivity index (χ2n) is 7.25. The lowest BCUT2D eigenvalue weighted by atomic mass is 9.78. The van der Waals surface area contributed by atoms with Crippen LogP contribution in [0.5, 0.6) is 0 Å². The minimum atomic E-state index is -0.465. The average molecular weight is 420 g/mol. The van der Waals surface area contributed by atoms with Crippen LogP contribution in [0.2, 0.25) is 0 Å². The number of aryl methyl sites for hydroxylation is 1. The zero-order valence-corrected chi connectivity index (χ0v) is 17.2. The molecule has 2 aliphatic rings. The average Bonchev–Trinajstić information content (AvgIpc) is 3.22. The van der Waals surface area contributed by atoms with Crippen LogP contribution in [0.3, 0.4) is 0 Å². The molecule has 0 unspecified atom stereocenters. The van der Waals surface area contributed by atoms with E-state index < -0.39 is 10.8 Å². The third kappa shape index (κ3) is 3.17. The molecule has 4 rings (SSSR count). The maximum atomic E-state index is 13.0. The number of hydrogen-bond acceptors (Lipinski definition) is 7. The Bertz CT molecular complexity index is 1140. The van der Waals surface area contributed by atoms with Crippen LogP contribution in [0.25, 0.3) is 0 Å². The van der Waals surface area contributed by atoms with Gasteiger partial charge in [-0.3, -0.25) is 19.8 Å². The predicted octanol–water partition coefficient (Wildman–Crippen LogP) is 4.52. The van der Waals surface area contributed by atoms with E-state index in [9.17, 15) is 20.2 Å². The van der Waals surface area contributed by atoms with Crippen LogP contribution in [-0.4, -0.2) is 10.7 Å². The number of benzene rings is 1. The number of nitrogens with two attached hydrogens (primary N) is 1. The van der Waals surface area contributed by atoms with E-state index in [4.69, 9.17) is 5.73 Å². The van der Waals surface area contributed by atoms with Crippen molar-refractivity contribution in [3.8, 4) is 6.07 Å². The van der Waals surface area contributed by atoms with E-state index in [0.29, 0.717) is 36.1 Å². The number of nitrogens with zero attached hydrogens (tertiary/aromatic N) is 3. The van der Waals surface area contributed by atoms with Gasteiger partial charge in [0.1, 0.15) is 5.82 Å². The fourth-order valence-corrected chi connectivity index (χ4v) is 5.20. The van der Waals surface area contributed by atoms with E-state index in [1.54, 1.807) is 28.4 Å². The molecular formula is C22H20N4O3S. The number of anilines is 1. The molecule has 1 atom stereocenters. The number of non-ortho nitro benzene ring substituents is 1. The lowest BCUT2D eigenvalue weighted by Crippen LogP contribution is -2.38. The van der Waals surface area contributed by atoms with Crippen LogP contribution in [-0.2, 0) is 11.2 Å². The summed E-state index contributed by atoms with van der Waals surface area (Å²) in [5.74, 6) is -0.159. The summed E-state index contributed by atoms with van der Waals surface area (Å²) in [6.07, 6.45) is 2.68. The molecule has 7 nitrogen and oxygen atoms in total. The number of ketones is 1. The van der Waals surface area contributed by atoms with Gasteiger partial charge in [-0.2, -0.15) is 5.26 Å². The van der Waals surface area contributed by atoms with Crippen LogP contribution >= 0.6 is 11.3 Å². The van der Waals surface area contributed by atoms with Crippen LogP contribution in [0, 0.1) is 21.4 Å². The molecule has 1 aliphatic carbocycles. The van der Waals surface area contributed by atoms with Gasteiger partial charge in [0.25, 0.3) is 5.69 Å². The Hall–Kier alpha value is -3.44. The van der Waals surface area contributed by atoms with Crippen molar-refractivity contribution >= 4 is 28.5 Å². The number of Topliss-reactive ketones (excluding diaryl/α,β-unsaturated/α-hetero) is 1. The maximum absolute atomic E-state index is 13.0. The summed E-state index contributed by atoms with van der Waals surface area (Å²) < 4.78 is 0. The first kappa shape index (κ1) is 19.9. The van der Waals surface area contributed by atoms with Crippen molar-refractivity contribution in [2.24, 2.45) is 5.73 Å². The van der Waals surface area contributed by atoms with Gasteiger partial charge in [-0.1, -0.05) is 6.92 Å². The van der Waals surface area contributed by atoms with Crippen LogP contribution in [0.1, 0.15) is 41.9 Å². The first-order chi connectivity index (χ1) is 14.5. The van der Waals surface area contributed by atoms with Crippen LogP contribution in [0.15, 0.2) is 59.1 Å². The highest BCUT2D eigenvalue weighted by Gasteiger charge is 2.40. The molecule has 8 heteroatoms. The molecule has 0 radical (unpaired) electrons. The number of nitro benzene ring substituents is 1. The van der Waals surface area contributed by atoms with Gasteiger partial charge < -0.3 is 5.73 Å². The van der Waals surface area contributed by atoms with Gasteiger partial charge in [0.2, 0.25) is 0 Å². The van der Waals surface area contributed by atoms with Gasteiger partial charge in [-0.05, 0) is 43.5 Å². The summed E-state index contributed by atoms with van der Waals surface area (Å²) in [4.78, 5) is 27.4.